The number of carbonyl (C=O) groups excluding carboxylic acids is 3. The molecule has 6 nitrogen and oxygen atoms in total. The lowest BCUT2D eigenvalue weighted by atomic mass is 9.64. The fraction of sp³-hybridized carbons (Fsp3) is 0.424. The van der Waals surface area contributed by atoms with Crippen LogP contribution in [-0.2, 0) is 14.4 Å². The van der Waals surface area contributed by atoms with E-state index in [-0.39, 0.29) is 50.7 Å². The van der Waals surface area contributed by atoms with Crippen LogP contribution in [-0.4, -0.2) is 24.1 Å². The van der Waals surface area contributed by atoms with Gasteiger partial charge in [0.25, 0.3) is 5.91 Å². The Labute approximate surface area is 251 Å². The minimum atomic E-state index is -0.565. The van der Waals surface area contributed by atoms with Gasteiger partial charge in [0, 0.05) is 47.0 Å². The maximum atomic E-state index is 13.6. The number of ether oxygens (including phenoxy) is 1. The third kappa shape index (κ3) is 5.96. The Morgan fingerprint density at radius 3 is 1.98 bits per heavy atom. The molecule has 8 heteroatoms. The summed E-state index contributed by atoms with van der Waals surface area (Å²) in [5.41, 5.74) is 5.94. The van der Waals surface area contributed by atoms with Crippen LogP contribution >= 0.6 is 23.2 Å². The van der Waals surface area contributed by atoms with E-state index in [2.05, 4.69) is 38.3 Å². The van der Waals surface area contributed by atoms with Crippen LogP contribution in [0.5, 0.6) is 5.75 Å². The van der Waals surface area contributed by atoms with Gasteiger partial charge in [0.15, 0.2) is 23.9 Å². The SMILES string of the molecule is Cc1ccc(C)c(NC(=O)COc2c(Cl)cc(C3C4=C(CC(C)(C)CC4=O)NC4=C3C(=O)CC(C)(C)C4)cc2Cl)c1. The molecule has 3 aliphatic rings. The third-order valence-electron chi connectivity index (χ3n) is 8.09. The van der Waals surface area contributed by atoms with E-state index in [1.807, 2.05) is 32.0 Å². The van der Waals surface area contributed by atoms with Crippen molar-refractivity contribution in [2.24, 2.45) is 10.8 Å². The summed E-state index contributed by atoms with van der Waals surface area (Å²) in [6.45, 7) is 11.9. The summed E-state index contributed by atoms with van der Waals surface area (Å²) in [7, 11) is 0. The zero-order valence-corrected chi connectivity index (χ0v) is 25.9. The molecule has 2 aromatic rings. The van der Waals surface area contributed by atoms with Crippen LogP contribution in [0.3, 0.4) is 0 Å². The zero-order valence-electron chi connectivity index (χ0n) is 24.4. The molecule has 0 spiro atoms. The molecule has 1 heterocycles. The number of hydrogen-bond donors (Lipinski definition) is 2. The number of hydrogen-bond acceptors (Lipinski definition) is 5. The maximum absolute atomic E-state index is 13.6. The molecular formula is C33H36Cl2N2O4. The van der Waals surface area contributed by atoms with E-state index in [0.717, 1.165) is 22.5 Å². The van der Waals surface area contributed by atoms with E-state index < -0.39 is 5.92 Å². The van der Waals surface area contributed by atoms with Gasteiger partial charge < -0.3 is 15.4 Å². The van der Waals surface area contributed by atoms with E-state index in [1.165, 1.54) is 0 Å². The number of benzene rings is 2. The Bertz CT molecular complexity index is 1480. The Balaban J connectivity index is 1.47. The average Bonchev–Trinajstić information content (AvgIpc) is 2.82. The van der Waals surface area contributed by atoms with Crippen LogP contribution in [0, 0.1) is 24.7 Å². The highest BCUT2D eigenvalue weighted by atomic mass is 35.5. The summed E-state index contributed by atoms with van der Waals surface area (Å²) in [4.78, 5) is 39.8. The number of carbonyl (C=O) groups is 3. The van der Waals surface area contributed by atoms with Crippen molar-refractivity contribution in [3.63, 3.8) is 0 Å². The molecule has 1 aliphatic heterocycles. The van der Waals surface area contributed by atoms with E-state index in [0.29, 0.717) is 48.1 Å². The van der Waals surface area contributed by atoms with Crippen LogP contribution < -0.4 is 15.4 Å². The Hall–Kier alpha value is -3.09. The number of aryl methyl sites for hydroxylation is 2. The highest BCUT2D eigenvalue weighted by Crippen LogP contribution is 2.52. The van der Waals surface area contributed by atoms with Crippen molar-refractivity contribution in [1.82, 2.24) is 5.32 Å². The molecule has 216 valence electrons. The molecule has 2 aromatic carbocycles. The quantitative estimate of drug-likeness (QED) is 0.372. The molecule has 0 atom stereocenters. The lowest BCUT2D eigenvalue weighted by Crippen LogP contribution is -2.42. The number of halogens is 2. The van der Waals surface area contributed by atoms with Crippen LogP contribution in [0.25, 0.3) is 0 Å². The van der Waals surface area contributed by atoms with Gasteiger partial charge in [-0.15, -0.1) is 0 Å². The molecule has 0 bridgehead atoms. The lowest BCUT2D eigenvalue weighted by Gasteiger charge is -2.44. The summed E-state index contributed by atoms with van der Waals surface area (Å²) in [5.74, 6) is -0.686. The number of anilines is 1. The fourth-order valence-electron chi connectivity index (χ4n) is 6.30. The minimum absolute atomic E-state index is 0.0219. The first kappa shape index (κ1) is 29.4. The smallest absolute Gasteiger partial charge is 0.262 e. The second kappa shape index (κ2) is 10.6. The normalized spacial score (nSPS) is 19.9. The monoisotopic (exact) mass is 594 g/mol. The van der Waals surface area contributed by atoms with Crippen molar-refractivity contribution >= 4 is 46.4 Å². The fourth-order valence-corrected chi connectivity index (χ4v) is 6.91. The van der Waals surface area contributed by atoms with Crippen molar-refractivity contribution in [2.75, 3.05) is 11.9 Å². The van der Waals surface area contributed by atoms with Gasteiger partial charge in [-0.1, -0.05) is 63.0 Å². The van der Waals surface area contributed by atoms with Gasteiger partial charge in [0.1, 0.15) is 0 Å². The van der Waals surface area contributed by atoms with Crippen molar-refractivity contribution in [2.45, 2.75) is 73.1 Å². The van der Waals surface area contributed by atoms with Gasteiger partial charge >= 0.3 is 0 Å². The lowest BCUT2D eigenvalue weighted by molar-refractivity contribution is -0.119. The summed E-state index contributed by atoms with van der Waals surface area (Å²) < 4.78 is 5.78. The van der Waals surface area contributed by atoms with Gasteiger partial charge in [0.05, 0.1) is 10.0 Å². The number of amides is 1. The third-order valence-corrected chi connectivity index (χ3v) is 8.65. The van der Waals surface area contributed by atoms with Gasteiger partial charge in [-0.05, 0) is 72.4 Å². The second-order valence-corrected chi connectivity index (χ2v) is 14.0. The average molecular weight is 596 g/mol. The molecule has 1 amide bonds. The molecule has 0 radical (unpaired) electrons. The van der Waals surface area contributed by atoms with E-state index in [9.17, 15) is 14.4 Å². The van der Waals surface area contributed by atoms with Crippen molar-refractivity contribution < 1.29 is 19.1 Å². The number of dihydropyridines is 1. The molecule has 5 rings (SSSR count). The summed E-state index contributed by atoms with van der Waals surface area (Å²) in [5, 5.41) is 6.80. The highest BCUT2D eigenvalue weighted by molar-refractivity contribution is 6.37. The van der Waals surface area contributed by atoms with Gasteiger partial charge in [-0.3, -0.25) is 14.4 Å². The number of Topliss-reactive ketones (excluding diaryl/α,β-unsaturated/α-hetero) is 2. The summed E-state index contributed by atoms with van der Waals surface area (Å²) >= 11 is 13.4. The largest absolute Gasteiger partial charge is 0.481 e. The number of ketones is 2. The van der Waals surface area contributed by atoms with Crippen LogP contribution in [0.15, 0.2) is 52.9 Å². The van der Waals surface area contributed by atoms with E-state index in [4.69, 9.17) is 27.9 Å². The molecule has 2 aliphatic carbocycles. The van der Waals surface area contributed by atoms with Crippen molar-refractivity contribution in [3.8, 4) is 5.75 Å². The van der Waals surface area contributed by atoms with Crippen LogP contribution in [0.4, 0.5) is 5.69 Å². The van der Waals surface area contributed by atoms with Gasteiger partial charge in [0.2, 0.25) is 0 Å². The molecular weight excluding hydrogens is 559 g/mol. The summed E-state index contributed by atoms with van der Waals surface area (Å²) in [6.07, 6.45) is 2.19. The molecule has 0 unspecified atom stereocenters. The Morgan fingerprint density at radius 1 is 0.902 bits per heavy atom. The minimum Gasteiger partial charge on any atom is -0.481 e. The zero-order chi connectivity index (χ0) is 29.9. The molecule has 41 heavy (non-hydrogen) atoms. The second-order valence-electron chi connectivity index (χ2n) is 13.2. The van der Waals surface area contributed by atoms with Crippen LogP contribution in [0.2, 0.25) is 10.0 Å². The number of nitrogens with one attached hydrogen (secondary N) is 2. The first-order chi connectivity index (χ1) is 19.1. The van der Waals surface area contributed by atoms with E-state index >= 15 is 0 Å². The molecule has 2 N–H and O–H groups in total. The topological polar surface area (TPSA) is 84.5 Å². The number of allylic oxidation sites excluding steroid dienone is 4. The maximum Gasteiger partial charge on any atom is 0.262 e. The van der Waals surface area contributed by atoms with Gasteiger partial charge in [-0.2, -0.15) is 0 Å². The predicted molar refractivity (Wildman–Crippen MR) is 162 cm³/mol. The van der Waals surface area contributed by atoms with Gasteiger partial charge in [-0.25, -0.2) is 0 Å². The van der Waals surface area contributed by atoms with E-state index in [1.54, 1.807) is 12.1 Å². The molecule has 0 aromatic heterocycles. The van der Waals surface area contributed by atoms with Crippen molar-refractivity contribution in [1.29, 1.82) is 0 Å². The molecule has 0 saturated heterocycles. The molecule has 0 saturated carbocycles. The van der Waals surface area contributed by atoms with Crippen LogP contribution in [0.1, 0.15) is 76.0 Å². The Kier molecular flexibility index (Phi) is 7.62. The number of rotatable bonds is 5. The first-order valence-electron chi connectivity index (χ1n) is 13.9. The van der Waals surface area contributed by atoms with Crippen molar-refractivity contribution in [3.05, 3.63) is 79.6 Å². The summed E-state index contributed by atoms with van der Waals surface area (Å²) in [6, 6.07) is 9.23. The Morgan fingerprint density at radius 2 is 1.44 bits per heavy atom. The first-order valence-corrected chi connectivity index (χ1v) is 14.7. The highest BCUT2D eigenvalue weighted by Gasteiger charge is 2.46. The molecule has 0 fully saturated rings. The standard InChI is InChI=1S/C33H36Cl2N2O4/c1-17-7-8-18(2)22(9-17)37-27(40)16-41-31-20(34)10-19(11-21(31)35)28-29-23(12-32(3,4)14-25(29)38)36-24-13-33(5,6)15-26(39)30(24)28/h7-11,28,36H,12-16H2,1-6H3,(H,37,40). The predicted octanol–water partition coefficient (Wildman–Crippen LogP) is 7.60.